The van der Waals surface area contributed by atoms with E-state index in [1.807, 2.05) is 5.43 Å². The number of nitrogens with one attached hydrogen (secondary N) is 2. The van der Waals surface area contributed by atoms with Crippen molar-refractivity contribution in [2.24, 2.45) is 5.10 Å². The van der Waals surface area contributed by atoms with Crippen LogP contribution in [0.4, 0.5) is 5.69 Å². The van der Waals surface area contributed by atoms with E-state index in [0.29, 0.717) is 5.75 Å². The molecule has 10 nitrogen and oxygen atoms in total. The van der Waals surface area contributed by atoms with Gasteiger partial charge < -0.3 is 15.2 Å². The number of benzene rings is 2. The SMILES string of the molecule is COc1ccc(CNC(=O)C(=O)N/N=C\c2ccc([O-])c([N+](=O)[O-])c2)cc1. The average Bonchev–Trinajstić information content (AvgIpc) is 2.67. The number of ether oxygens (including phenoxy) is 1. The van der Waals surface area contributed by atoms with Crippen molar-refractivity contribution >= 4 is 23.7 Å². The number of amides is 2. The van der Waals surface area contributed by atoms with Crippen LogP contribution >= 0.6 is 0 Å². The molecule has 0 spiro atoms. The van der Waals surface area contributed by atoms with Gasteiger partial charge >= 0.3 is 11.8 Å². The fourth-order valence-corrected chi connectivity index (χ4v) is 1.98. The Balaban J connectivity index is 1.87. The molecule has 0 aliphatic carbocycles. The van der Waals surface area contributed by atoms with Gasteiger partial charge in [0.15, 0.2) is 0 Å². The summed E-state index contributed by atoms with van der Waals surface area (Å²) in [4.78, 5) is 33.3. The Morgan fingerprint density at radius 1 is 1.19 bits per heavy atom. The van der Waals surface area contributed by atoms with Gasteiger partial charge in [0, 0.05) is 18.2 Å². The Hall–Kier alpha value is -3.95. The second kappa shape index (κ2) is 8.94. The molecule has 0 heterocycles. The summed E-state index contributed by atoms with van der Waals surface area (Å²) in [5.74, 6) is -1.97. The molecule has 0 fully saturated rings. The van der Waals surface area contributed by atoms with Crippen LogP contribution in [0, 0.1) is 10.1 Å². The minimum atomic E-state index is -1.00. The molecule has 0 aliphatic heterocycles. The molecule has 0 bridgehead atoms. The quantitative estimate of drug-likeness (QED) is 0.326. The number of carbonyl (C=O) groups excluding carboxylic acids is 2. The summed E-state index contributed by atoms with van der Waals surface area (Å²) in [7, 11) is 1.54. The predicted octanol–water partition coefficient (Wildman–Crippen LogP) is 0.443. The first-order chi connectivity index (χ1) is 12.9. The van der Waals surface area contributed by atoms with Crippen LogP contribution in [-0.4, -0.2) is 30.1 Å². The van der Waals surface area contributed by atoms with Crippen LogP contribution in [0.1, 0.15) is 11.1 Å². The number of methoxy groups -OCH3 is 1. The molecule has 27 heavy (non-hydrogen) atoms. The summed E-state index contributed by atoms with van der Waals surface area (Å²) in [5.41, 5.74) is 2.38. The van der Waals surface area contributed by atoms with E-state index in [1.165, 1.54) is 13.2 Å². The van der Waals surface area contributed by atoms with Crippen molar-refractivity contribution in [1.82, 2.24) is 10.7 Å². The van der Waals surface area contributed by atoms with Crippen molar-refractivity contribution in [3.8, 4) is 11.5 Å². The van der Waals surface area contributed by atoms with Crippen molar-refractivity contribution in [3.63, 3.8) is 0 Å². The van der Waals surface area contributed by atoms with Gasteiger partial charge in [-0.25, -0.2) is 5.43 Å². The van der Waals surface area contributed by atoms with Crippen molar-refractivity contribution in [2.75, 3.05) is 7.11 Å². The van der Waals surface area contributed by atoms with Gasteiger partial charge in [-0.05, 0) is 23.4 Å². The third-order valence-corrected chi connectivity index (χ3v) is 3.38. The number of nitro groups is 1. The number of carbonyl (C=O) groups is 2. The zero-order chi connectivity index (χ0) is 19.8. The molecule has 0 aliphatic rings. The fourth-order valence-electron chi connectivity index (χ4n) is 1.98. The van der Waals surface area contributed by atoms with E-state index in [0.717, 1.165) is 23.9 Å². The van der Waals surface area contributed by atoms with Gasteiger partial charge in [-0.1, -0.05) is 24.3 Å². The Labute approximate surface area is 153 Å². The highest BCUT2D eigenvalue weighted by atomic mass is 16.6. The number of nitrogens with zero attached hydrogens (tertiary/aromatic N) is 2. The predicted molar refractivity (Wildman–Crippen MR) is 93.1 cm³/mol. The number of nitro benzene ring substituents is 1. The van der Waals surface area contributed by atoms with Gasteiger partial charge in [0.25, 0.3) is 5.69 Å². The summed E-state index contributed by atoms with van der Waals surface area (Å²) < 4.78 is 5.02. The van der Waals surface area contributed by atoms with Gasteiger partial charge in [-0.15, -0.1) is 0 Å². The lowest BCUT2D eigenvalue weighted by Crippen LogP contribution is -2.37. The van der Waals surface area contributed by atoms with Crippen LogP contribution in [0.15, 0.2) is 47.6 Å². The lowest BCUT2D eigenvalue weighted by atomic mass is 10.2. The molecule has 2 rings (SSSR count). The van der Waals surface area contributed by atoms with Crippen molar-refractivity contribution in [1.29, 1.82) is 0 Å². The summed E-state index contributed by atoms with van der Waals surface area (Å²) >= 11 is 0. The highest BCUT2D eigenvalue weighted by Gasteiger charge is 2.12. The highest BCUT2D eigenvalue weighted by molar-refractivity contribution is 6.35. The van der Waals surface area contributed by atoms with E-state index in [2.05, 4.69) is 10.4 Å². The first-order valence-corrected chi connectivity index (χ1v) is 7.60. The van der Waals surface area contributed by atoms with Crippen LogP contribution < -0.4 is 20.6 Å². The lowest BCUT2D eigenvalue weighted by molar-refractivity contribution is -0.398. The molecule has 2 aromatic rings. The van der Waals surface area contributed by atoms with Crippen LogP contribution in [0.25, 0.3) is 0 Å². The van der Waals surface area contributed by atoms with Crippen molar-refractivity contribution in [2.45, 2.75) is 6.54 Å². The maximum absolute atomic E-state index is 11.7. The molecule has 0 saturated heterocycles. The van der Waals surface area contributed by atoms with E-state index in [4.69, 9.17) is 4.74 Å². The number of hydrogen-bond donors (Lipinski definition) is 2. The molecule has 2 amide bonds. The smallest absolute Gasteiger partial charge is 0.329 e. The summed E-state index contributed by atoms with van der Waals surface area (Å²) in [6.45, 7) is 0.136. The van der Waals surface area contributed by atoms with Crippen molar-refractivity contribution < 1.29 is 24.4 Å². The van der Waals surface area contributed by atoms with Crippen LogP contribution in [0.3, 0.4) is 0 Å². The zero-order valence-corrected chi connectivity index (χ0v) is 14.2. The molecule has 10 heteroatoms. The monoisotopic (exact) mass is 371 g/mol. The molecule has 140 valence electrons. The Morgan fingerprint density at radius 3 is 2.52 bits per heavy atom. The van der Waals surface area contributed by atoms with Crippen molar-refractivity contribution in [3.05, 3.63) is 63.7 Å². The average molecular weight is 371 g/mol. The molecule has 0 atom stereocenters. The topological polar surface area (TPSA) is 146 Å². The normalized spacial score (nSPS) is 10.4. The van der Waals surface area contributed by atoms with Gasteiger partial charge in [0.05, 0.1) is 18.2 Å². The second-order valence-electron chi connectivity index (χ2n) is 5.21. The third kappa shape index (κ3) is 5.53. The van der Waals surface area contributed by atoms with E-state index in [-0.39, 0.29) is 12.1 Å². The molecule has 0 aromatic heterocycles. The Kier molecular flexibility index (Phi) is 6.42. The maximum Gasteiger partial charge on any atom is 0.329 e. The minimum Gasteiger partial charge on any atom is -0.868 e. The van der Waals surface area contributed by atoms with E-state index >= 15 is 0 Å². The van der Waals surface area contributed by atoms with Gasteiger partial charge in [0.1, 0.15) is 5.75 Å². The lowest BCUT2D eigenvalue weighted by Gasteiger charge is -2.06. The molecule has 0 unspecified atom stereocenters. The van der Waals surface area contributed by atoms with Gasteiger partial charge in [0.2, 0.25) is 0 Å². The summed E-state index contributed by atoms with van der Waals surface area (Å²) in [5, 5.41) is 28.0. The van der Waals surface area contributed by atoms with Gasteiger partial charge in [-0.3, -0.25) is 19.7 Å². The first kappa shape index (κ1) is 19.4. The standard InChI is InChI=1S/C17H16N4O6/c1-27-13-5-2-11(3-6-13)9-18-16(23)17(24)20-19-10-12-4-7-15(22)14(8-12)21(25)26/h2-8,10,22H,9H2,1H3,(H,18,23)(H,20,24)/p-1/b19-10-. The van der Waals surface area contributed by atoms with Gasteiger partial charge in [-0.2, -0.15) is 5.10 Å². The molecular weight excluding hydrogens is 356 g/mol. The Bertz CT molecular complexity index is 879. The minimum absolute atomic E-state index is 0.136. The fraction of sp³-hybridized carbons (Fsp3) is 0.118. The first-order valence-electron chi connectivity index (χ1n) is 7.60. The molecule has 0 saturated carbocycles. The highest BCUT2D eigenvalue weighted by Crippen LogP contribution is 2.22. The largest absolute Gasteiger partial charge is 0.868 e. The third-order valence-electron chi connectivity index (χ3n) is 3.38. The number of rotatable bonds is 6. The van der Waals surface area contributed by atoms with E-state index in [9.17, 15) is 24.8 Å². The number of hydrogen-bond acceptors (Lipinski definition) is 7. The summed E-state index contributed by atoms with van der Waals surface area (Å²) in [6, 6.07) is 10.2. The molecular formula is C17H15N4O6-. The molecule has 2 aromatic carbocycles. The van der Waals surface area contributed by atoms with E-state index < -0.39 is 28.2 Å². The summed E-state index contributed by atoms with van der Waals surface area (Å²) in [6.07, 6.45) is 1.08. The van der Waals surface area contributed by atoms with Crippen LogP contribution in [0.5, 0.6) is 11.5 Å². The molecule has 0 radical (unpaired) electrons. The van der Waals surface area contributed by atoms with Crippen LogP contribution in [-0.2, 0) is 16.1 Å². The number of hydrazone groups is 1. The Morgan fingerprint density at radius 2 is 1.89 bits per heavy atom. The molecule has 2 N–H and O–H groups in total. The zero-order valence-electron chi connectivity index (χ0n) is 14.2. The van der Waals surface area contributed by atoms with E-state index in [1.54, 1.807) is 24.3 Å². The van der Waals surface area contributed by atoms with Crippen LogP contribution in [0.2, 0.25) is 0 Å². The second-order valence-corrected chi connectivity index (χ2v) is 5.21. The maximum atomic E-state index is 11.7.